The van der Waals surface area contributed by atoms with Crippen molar-refractivity contribution in [2.24, 2.45) is 0 Å². The van der Waals surface area contributed by atoms with Gasteiger partial charge in [-0.2, -0.15) is 0 Å². The maximum Gasteiger partial charge on any atom is 0.269 e. The lowest BCUT2D eigenvalue weighted by Gasteiger charge is -2.28. The molecule has 1 amide bonds. The van der Waals surface area contributed by atoms with E-state index in [0.29, 0.717) is 13.0 Å². The average molecular weight is 431 g/mol. The van der Waals surface area contributed by atoms with Gasteiger partial charge in [0.15, 0.2) is 17.7 Å². The quantitative estimate of drug-likeness (QED) is 0.680. The number of fused-ring (bicyclic) bond motifs is 2. The van der Waals surface area contributed by atoms with Crippen LogP contribution in [0.25, 0.3) is 0 Å². The van der Waals surface area contributed by atoms with Crippen LogP contribution in [0.2, 0.25) is 0 Å². The Kier molecular flexibility index (Phi) is 5.71. The van der Waals surface area contributed by atoms with Gasteiger partial charge in [-0.3, -0.25) is 10.1 Å². The lowest BCUT2D eigenvalue weighted by Crippen LogP contribution is -2.40. The number of hydrogen-bond donors (Lipinski definition) is 1. The molecule has 0 spiro atoms. The number of hydrogen-bond acceptors (Lipinski definition) is 6. The first-order valence-corrected chi connectivity index (χ1v) is 11.6. The third-order valence-electron chi connectivity index (χ3n) is 5.64. The summed E-state index contributed by atoms with van der Waals surface area (Å²) in [7, 11) is -2.14. The minimum absolute atomic E-state index is 0.100. The van der Waals surface area contributed by atoms with Gasteiger partial charge in [0.1, 0.15) is 4.90 Å². The fourth-order valence-corrected chi connectivity index (χ4v) is 5.89. The van der Waals surface area contributed by atoms with Crippen LogP contribution in [-0.4, -0.2) is 44.6 Å². The maximum absolute atomic E-state index is 12.8. The number of carbonyl (C=O) groups is 1. The van der Waals surface area contributed by atoms with Gasteiger partial charge in [0.25, 0.3) is 15.9 Å². The Morgan fingerprint density at radius 1 is 1.23 bits per heavy atom. The second-order valence-electron chi connectivity index (χ2n) is 7.64. The van der Waals surface area contributed by atoms with Crippen LogP contribution in [0.5, 0.6) is 11.5 Å². The monoisotopic (exact) mass is 430 g/mol. The van der Waals surface area contributed by atoms with Crippen LogP contribution in [0.1, 0.15) is 42.1 Å². The van der Waals surface area contributed by atoms with Crippen LogP contribution in [0.3, 0.4) is 0 Å². The number of methoxy groups -OCH3 is 1. The molecule has 0 bridgehead atoms. The molecule has 2 aromatic rings. The van der Waals surface area contributed by atoms with Crippen molar-refractivity contribution >= 4 is 15.9 Å². The van der Waals surface area contributed by atoms with Gasteiger partial charge in [-0.05, 0) is 56.5 Å². The predicted molar refractivity (Wildman–Crippen MR) is 112 cm³/mol. The van der Waals surface area contributed by atoms with E-state index in [2.05, 4.69) is 5.32 Å². The molecule has 0 saturated carbocycles. The van der Waals surface area contributed by atoms with Crippen molar-refractivity contribution in [3.05, 3.63) is 53.6 Å². The number of amides is 1. The number of nitrogens with one attached hydrogen (secondary N) is 1. The van der Waals surface area contributed by atoms with E-state index in [-0.39, 0.29) is 16.7 Å². The molecule has 2 unspecified atom stereocenters. The first-order chi connectivity index (χ1) is 14.4. The van der Waals surface area contributed by atoms with Crippen molar-refractivity contribution in [1.82, 2.24) is 9.62 Å². The Labute approximate surface area is 177 Å². The van der Waals surface area contributed by atoms with Crippen molar-refractivity contribution in [3.8, 4) is 11.5 Å². The van der Waals surface area contributed by atoms with Gasteiger partial charge in [-0.1, -0.05) is 24.3 Å². The molecular formula is C22H26N2O5S. The van der Waals surface area contributed by atoms with E-state index in [4.69, 9.17) is 9.47 Å². The van der Waals surface area contributed by atoms with Crippen LogP contribution in [0.15, 0.2) is 47.4 Å². The fraction of sp³-hybridized carbons (Fsp3) is 0.409. The van der Waals surface area contributed by atoms with E-state index in [1.807, 2.05) is 18.2 Å². The highest BCUT2D eigenvalue weighted by molar-refractivity contribution is 7.90. The largest absolute Gasteiger partial charge is 0.493 e. The van der Waals surface area contributed by atoms with Crippen LogP contribution >= 0.6 is 0 Å². The lowest BCUT2D eigenvalue weighted by molar-refractivity contribution is 0.0832. The molecule has 0 fully saturated rings. The number of sulfonamides is 1. The predicted octanol–water partition coefficient (Wildman–Crippen LogP) is 2.95. The summed E-state index contributed by atoms with van der Waals surface area (Å²) < 4.78 is 38.0. The van der Waals surface area contributed by atoms with Gasteiger partial charge in [0.05, 0.1) is 12.7 Å². The molecule has 2 aromatic carbocycles. The van der Waals surface area contributed by atoms with Gasteiger partial charge < -0.3 is 9.47 Å². The molecule has 2 heterocycles. The van der Waals surface area contributed by atoms with Crippen LogP contribution in [-0.2, 0) is 16.4 Å². The van der Waals surface area contributed by atoms with E-state index in [1.54, 1.807) is 32.2 Å². The van der Waals surface area contributed by atoms with Crippen LogP contribution in [0, 0.1) is 0 Å². The van der Waals surface area contributed by atoms with E-state index in [1.165, 1.54) is 6.07 Å². The number of para-hydroxylation sites is 1. The average Bonchev–Trinajstić information content (AvgIpc) is 2.96. The van der Waals surface area contributed by atoms with Crippen molar-refractivity contribution in [2.75, 3.05) is 13.7 Å². The molecule has 0 aliphatic carbocycles. The summed E-state index contributed by atoms with van der Waals surface area (Å²) in [5.74, 6) is 1.07. The van der Waals surface area contributed by atoms with Crippen LogP contribution < -0.4 is 14.8 Å². The SMILES string of the molecule is COc1cccc2c1OC(NCCCC(C)N1C(=O)c3ccccc3S1(=O)=O)CC2. The molecule has 2 atom stereocenters. The Bertz CT molecular complexity index is 1040. The standard InChI is InChI=1S/C22H26N2O5S/c1-15(24-22(25)17-9-3-4-11-19(17)30(24,26)27)7-6-14-23-20-13-12-16-8-5-10-18(28-2)21(16)29-20/h3-5,8-11,15,20,23H,6-7,12-14H2,1-2H3. The summed E-state index contributed by atoms with van der Waals surface area (Å²) >= 11 is 0. The van der Waals surface area contributed by atoms with Gasteiger partial charge in [-0.15, -0.1) is 0 Å². The third-order valence-corrected chi connectivity index (χ3v) is 7.60. The Hall–Kier alpha value is -2.58. The number of rotatable bonds is 7. The molecule has 160 valence electrons. The third kappa shape index (κ3) is 3.65. The molecule has 4 rings (SSSR count). The molecule has 8 heteroatoms. The fourth-order valence-electron chi connectivity index (χ4n) is 4.10. The summed E-state index contributed by atoms with van der Waals surface area (Å²) in [4.78, 5) is 12.7. The smallest absolute Gasteiger partial charge is 0.269 e. The molecule has 0 saturated heterocycles. The minimum Gasteiger partial charge on any atom is -0.493 e. The molecule has 1 N–H and O–H groups in total. The molecule has 2 aliphatic heterocycles. The van der Waals surface area contributed by atoms with E-state index in [0.717, 1.165) is 40.6 Å². The number of aryl methyl sites for hydroxylation is 1. The Balaban J connectivity index is 1.31. The van der Waals surface area contributed by atoms with Gasteiger partial charge >= 0.3 is 0 Å². The summed E-state index contributed by atoms with van der Waals surface area (Å²) in [6.07, 6.45) is 2.92. The highest BCUT2D eigenvalue weighted by Gasteiger charge is 2.43. The molecule has 7 nitrogen and oxygen atoms in total. The zero-order valence-corrected chi connectivity index (χ0v) is 17.9. The summed E-state index contributed by atoms with van der Waals surface area (Å²) in [6.45, 7) is 2.44. The van der Waals surface area contributed by atoms with Gasteiger partial charge in [-0.25, -0.2) is 12.7 Å². The number of ether oxygens (including phenoxy) is 2. The number of nitrogens with zero attached hydrogens (tertiary/aromatic N) is 1. The second-order valence-corrected chi connectivity index (χ2v) is 9.42. The summed E-state index contributed by atoms with van der Waals surface area (Å²) in [5, 5.41) is 3.38. The molecular weight excluding hydrogens is 404 g/mol. The molecule has 30 heavy (non-hydrogen) atoms. The van der Waals surface area contributed by atoms with Crippen molar-refractivity contribution in [3.63, 3.8) is 0 Å². The molecule has 2 aliphatic rings. The van der Waals surface area contributed by atoms with Crippen molar-refractivity contribution in [1.29, 1.82) is 0 Å². The molecule has 0 aromatic heterocycles. The maximum atomic E-state index is 12.8. The first-order valence-electron chi connectivity index (χ1n) is 10.2. The second kappa shape index (κ2) is 8.28. The highest BCUT2D eigenvalue weighted by Crippen LogP contribution is 2.36. The first kappa shape index (κ1) is 20.7. The highest BCUT2D eigenvalue weighted by atomic mass is 32.2. The zero-order chi connectivity index (χ0) is 21.3. The van der Waals surface area contributed by atoms with Crippen LogP contribution in [0.4, 0.5) is 0 Å². The van der Waals surface area contributed by atoms with E-state index >= 15 is 0 Å². The normalized spacial score (nSPS) is 20.3. The van der Waals surface area contributed by atoms with Crippen molar-refractivity contribution in [2.45, 2.75) is 49.8 Å². The summed E-state index contributed by atoms with van der Waals surface area (Å²) in [5.41, 5.74) is 1.39. The molecule has 0 radical (unpaired) electrons. The van der Waals surface area contributed by atoms with Crippen molar-refractivity contribution < 1.29 is 22.7 Å². The zero-order valence-electron chi connectivity index (χ0n) is 17.1. The summed E-state index contributed by atoms with van der Waals surface area (Å²) in [6, 6.07) is 11.8. The van der Waals surface area contributed by atoms with Gasteiger partial charge in [0, 0.05) is 12.5 Å². The Morgan fingerprint density at radius 2 is 2.03 bits per heavy atom. The Morgan fingerprint density at radius 3 is 2.80 bits per heavy atom. The number of benzene rings is 2. The van der Waals surface area contributed by atoms with Gasteiger partial charge in [0.2, 0.25) is 0 Å². The lowest BCUT2D eigenvalue weighted by atomic mass is 10.0. The topological polar surface area (TPSA) is 84.9 Å². The van der Waals surface area contributed by atoms with E-state index in [9.17, 15) is 13.2 Å². The number of carbonyl (C=O) groups excluding carboxylic acids is 1. The van der Waals surface area contributed by atoms with E-state index < -0.39 is 22.0 Å². The minimum atomic E-state index is -3.77.